The van der Waals surface area contributed by atoms with Gasteiger partial charge in [0, 0.05) is 44.0 Å². The Kier molecular flexibility index (Phi) is 6.91. The molecule has 1 fully saturated rings. The Bertz CT molecular complexity index is 846. The number of rotatable bonds is 8. The second kappa shape index (κ2) is 9.59. The van der Waals surface area contributed by atoms with Gasteiger partial charge >= 0.3 is 0 Å². The highest BCUT2D eigenvalue weighted by Gasteiger charge is 2.34. The highest BCUT2D eigenvalue weighted by molar-refractivity contribution is 5.97. The van der Waals surface area contributed by atoms with E-state index in [9.17, 15) is 9.59 Å². The predicted octanol–water partition coefficient (Wildman–Crippen LogP) is 3.87. The maximum Gasteiger partial charge on any atom is 0.229 e. The summed E-state index contributed by atoms with van der Waals surface area (Å²) < 4.78 is 0. The maximum absolute atomic E-state index is 12.8. The quantitative estimate of drug-likeness (QED) is 0.741. The summed E-state index contributed by atoms with van der Waals surface area (Å²) in [6.45, 7) is 9.33. The van der Waals surface area contributed by atoms with Gasteiger partial charge in [-0.2, -0.15) is 0 Å². The zero-order valence-corrected chi connectivity index (χ0v) is 17.6. The Morgan fingerprint density at radius 1 is 1.14 bits per heavy atom. The SMILES string of the molecule is CCN(CC)c1ccc(NC(=O)C2CC(=O)N(CCc3ccccc3)C2)c(C)c1. The van der Waals surface area contributed by atoms with Crippen LogP contribution in [0.15, 0.2) is 48.5 Å². The van der Waals surface area contributed by atoms with Crippen LogP contribution in [-0.2, 0) is 16.0 Å². The average molecular weight is 394 g/mol. The number of carbonyl (C=O) groups is 2. The summed E-state index contributed by atoms with van der Waals surface area (Å²) >= 11 is 0. The normalized spacial score (nSPS) is 16.2. The molecule has 29 heavy (non-hydrogen) atoms. The number of likely N-dealkylation sites (tertiary alicyclic amines) is 1. The Labute approximate surface area is 173 Å². The lowest BCUT2D eigenvalue weighted by Crippen LogP contribution is -2.30. The molecule has 1 saturated heterocycles. The Hall–Kier alpha value is -2.82. The van der Waals surface area contributed by atoms with E-state index in [2.05, 4.69) is 42.3 Å². The van der Waals surface area contributed by atoms with Gasteiger partial charge in [0.05, 0.1) is 5.92 Å². The summed E-state index contributed by atoms with van der Waals surface area (Å²) in [6, 6.07) is 16.2. The van der Waals surface area contributed by atoms with Crippen molar-refractivity contribution >= 4 is 23.2 Å². The third-order valence-corrected chi connectivity index (χ3v) is 5.69. The van der Waals surface area contributed by atoms with Crippen molar-refractivity contribution in [2.24, 2.45) is 5.92 Å². The fourth-order valence-corrected chi connectivity index (χ4v) is 3.88. The number of aryl methyl sites for hydroxylation is 1. The van der Waals surface area contributed by atoms with Crippen molar-refractivity contribution in [2.75, 3.05) is 36.4 Å². The molecule has 0 saturated carbocycles. The van der Waals surface area contributed by atoms with Crippen LogP contribution in [0.2, 0.25) is 0 Å². The molecule has 0 aromatic heterocycles. The van der Waals surface area contributed by atoms with Gasteiger partial charge in [0.2, 0.25) is 11.8 Å². The number of benzene rings is 2. The van der Waals surface area contributed by atoms with Gasteiger partial charge in [-0.3, -0.25) is 9.59 Å². The Morgan fingerprint density at radius 3 is 2.52 bits per heavy atom. The largest absolute Gasteiger partial charge is 0.372 e. The molecule has 1 atom stereocenters. The highest BCUT2D eigenvalue weighted by atomic mass is 16.2. The van der Waals surface area contributed by atoms with Crippen LogP contribution >= 0.6 is 0 Å². The van der Waals surface area contributed by atoms with Crippen molar-refractivity contribution in [1.82, 2.24) is 4.90 Å². The van der Waals surface area contributed by atoms with E-state index in [1.807, 2.05) is 42.2 Å². The van der Waals surface area contributed by atoms with Gasteiger partial charge in [0.25, 0.3) is 0 Å². The third-order valence-electron chi connectivity index (χ3n) is 5.69. The fourth-order valence-electron chi connectivity index (χ4n) is 3.88. The molecule has 3 rings (SSSR count). The number of hydrogen-bond donors (Lipinski definition) is 1. The lowest BCUT2D eigenvalue weighted by atomic mass is 10.1. The molecule has 1 N–H and O–H groups in total. The summed E-state index contributed by atoms with van der Waals surface area (Å²) in [7, 11) is 0. The molecule has 5 heteroatoms. The standard InChI is InChI=1S/C24H31N3O2/c1-4-26(5-2)21-11-12-22(18(3)15-21)25-24(29)20-16-23(28)27(17-20)14-13-19-9-7-6-8-10-19/h6-12,15,20H,4-5,13-14,16-17H2,1-3H3,(H,25,29). The first-order valence-corrected chi connectivity index (χ1v) is 10.5. The molecule has 1 unspecified atom stereocenters. The van der Waals surface area contributed by atoms with E-state index in [4.69, 9.17) is 0 Å². The molecule has 0 bridgehead atoms. The minimum atomic E-state index is -0.292. The minimum Gasteiger partial charge on any atom is -0.372 e. The molecule has 0 spiro atoms. The zero-order chi connectivity index (χ0) is 20.8. The smallest absolute Gasteiger partial charge is 0.229 e. The topological polar surface area (TPSA) is 52.7 Å². The summed E-state index contributed by atoms with van der Waals surface area (Å²) in [5.74, 6) is -0.297. The second-order valence-corrected chi connectivity index (χ2v) is 7.64. The van der Waals surface area contributed by atoms with Crippen LogP contribution in [0.1, 0.15) is 31.4 Å². The van der Waals surface area contributed by atoms with Crippen LogP contribution in [0, 0.1) is 12.8 Å². The summed E-state index contributed by atoms with van der Waals surface area (Å²) in [5.41, 5.74) is 4.22. The van der Waals surface area contributed by atoms with Crippen LogP contribution in [0.25, 0.3) is 0 Å². The van der Waals surface area contributed by atoms with Gasteiger partial charge in [0.1, 0.15) is 0 Å². The molecule has 154 valence electrons. The molecule has 2 amide bonds. The maximum atomic E-state index is 12.8. The predicted molar refractivity (Wildman–Crippen MR) is 118 cm³/mol. The first-order chi connectivity index (χ1) is 14.0. The zero-order valence-electron chi connectivity index (χ0n) is 17.6. The number of nitrogens with one attached hydrogen (secondary N) is 1. The van der Waals surface area contributed by atoms with E-state index in [1.54, 1.807) is 0 Å². The van der Waals surface area contributed by atoms with E-state index < -0.39 is 0 Å². The number of amides is 2. The molecular weight excluding hydrogens is 362 g/mol. The molecule has 5 nitrogen and oxygen atoms in total. The second-order valence-electron chi connectivity index (χ2n) is 7.64. The molecule has 2 aromatic rings. The lowest BCUT2D eigenvalue weighted by Gasteiger charge is -2.22. The summed E-state index contributed by atoms with van der Waals surface area (Å²) in [6.07, 6.45) is 1.10. The molecular formula is C24H31N3O2. The van der Waals surface area contributed by atoms with Crippen LogP contribution in [0.5, 0.6) is 0 Å². The molecule has 1 aliphatic rings. The van der Waals surface area contributed by atoms with E-state index >= 15 is 0 Å². The van der Waals surface area contributed by atoms with E-state index in [0.29, 0.717) is 13.1 Å². The van der Waals surface area contributed by atoms with E-state index in [1.165, 1.54) is 5.56 Å². The van der Waals surface area contributed by atoms with Crippen molar-refractivity contribution in [1.29, 1.82) is 0 Å². The van der Waals surface area contributed by atoms with Gasteiger partial charge in [-0.25, -0.2) is 0 Å². The molecule has 1 heterocycles. The highest BCUT2D eigenvalue weighted by Crippen LogP contribution is 2.25. The lowest BCUT2D eigenvalue weighted by molar-refractivity contribution is -0.128. The first kappa shape index (κ1) is 20.9. The van der Waals surface area contributed by atoms with Gasteiger partial charge < -0.3 is 15.1 Å². The first-order valence-electron chi connectivity index (χ1n) is 10.5. The van der Waals surface area contributed by atoms with Gasteiger partial charge in [0.15, 0.2) is 0 Å². The van der Waals surface area contributed by atoms with E-state index in [-0.39, 0.29) is 24.2 Å². The number of anilines is 2. The Balaban J connectivity index is 1.57. The molecule has 2 aromatic carbocycles. The van der Waals surface area contributed by atoms with Crippen molar-refractivity contribution in [3.63, 3.8) is 0 Å². The number of hydrogen-bond acceptors (Lipinski definition) is 3. The van der Waals surface area contributed by atoms with Crippen LogP contribution in [0.4, 0.5) is 11.4 Å². The van der Waals surface area contributed by atoms with Crippen molar-refractivity contribution in [2.45, 2.75) is 33.6 Å². The van der Waals surface area contributed by atoms with E-state index in [0.717, 1.165) is 36.4 Å². The number of carbonyl (C=O) groups excluding carboxylic acids is 2. The Morgan fingerprint density at radius 2 is 1.86 bits per heavy atom. The van der Waals surface area contributed by atoms with Crippen LogP contribution < -0.4 is 10.2 Å². The average Bonchev–Trinajstić information content (AvgIpc) is 3.11. The van der Waals surface area contributed by atoms with Crippen molar-refractivity contribution in [3.8, 4) is 0 Å². The van der Waals surface area contributed by atoms with Crippen LogP contribution in [0.3, 0.4) is 0 Å². The summed E-state index contributed by atoms with van der Waals surface area (Å²) in [4.78, 5) is 29.2. The van der Waals surface area contributed by atoms with Crippen molar-refractivity contribution in [3.05, 3.63) is 59.7 Å². The van der Waals surface area contributed by atoms with Gasteiger partial charge in [-0.15, -0.1) is 0 Å². The molecule has 0 aliphatic carbocycles. The third kappa shape index (κ3) is 5.17. The van der Waals surface area contributed by atoms with Crippen LogP contribution in [-0.4, -0.2) is 42.9 Å². The molecule has 0 radical (unpaired) electrons. The fraction of sp³-hybridized carbons (Fsp3) is 0.417. The molecule has 1 aliphatic heterocycles. The van der Waals surface area contributed by atoms with Crippen molar-refractivity contribution < 1.29 is 9.59 Å². The summed E-state index contributed by atoms with van der Waals surface area (Å²) in [5, 5.41) is 3.03. The minimum absolute atomic E-state index is 0.0645. The van der Waals surface area contributed by atoms with Gasteiger partial charge in [-0.05, 0) is 56.5 Å². The number of nitrogens with zero attached hydrogens (tertiary/aromatic N) is 2. The van der Waals surface area contributed by atoms with Gasteiger partial charge in [-0.1, -0.05) is 30.3 Å². The monoisotopic (exact) mass is 393 g/mol.